The smallest absolute Gasteiger partial charge is 0.416 e. The molecule has 3 nitrogen and oxygen atoms in total. The first-order valence-corrected chi connectivity index (χ1v) is 16.3. The van der Waals surface area contributed by atoms with E-state index in [9.17, 15) is 52.7 Å². The molecule has 0 radical (unpaired) electrons. The van der Waals surface area contributed by atoms with Crippen molar-refractivity contribution >= 4 is 13.2 Å². The molecule has 51 heavy (non-hydrogen) atoms. The van der Waals surface area contributed by atoms with Gasteiger partial charge in [-0.25, -0.2) is 0 Å². The van der Waals surface area contributed by atoms with Gasteiger partial charge >= 0.3 is 24.7 Å². The average Bonchev–Trinajstić information content (AvgIpc) is 3.47. The van der Waals surface area contributed by atoms with Gasteiger partial charge in [0.25, 0.3) is 0 Å². The second-order valence-electron chi connectivity index (χ2n) is 12.5. The molecule has 5 rings (SSSR count). The second kappa shape index (κ2) is 12.8. The number of alkyl halides is 12. The van der Waals surface area contributed by atoms with Gasteiger partial charge in [0.1, 0.15) is 23.6 Å². The molecule has 0 bridgehead atoms. The summed E-state index contributed by atoms with van der Waals surface area (Å²) >= 11 is 0. The molecule has 274 valence electrons. The van der Waals surface area contributed by atoms with Crippen molar-refractivity contribution < 1.29 is 66.9 Å². The van der Waals surface area contributed by atoms with Gasteiger partial charge in [0, 0.05) is 22.0 Å². The summed E-state index contributed by atoms with van der Waals surface area (Å²) in [5.74, 6) is -0.327. The highest BCUT2D eigenvalue weighted by atomic mass is 31.1. The number of halogens is 12. The maximum atomic E-state index is 14.0. The van der Waals surface area contributed by atoms with E-state index < -0.39 is 82.3 Å². The van der Waals surface area contributed by atoms with E-state index in [2.05, 4.69) is 0 Å². The Balaban J connectivity index is 2.02. The van der Waals surface area contributed by atoms with Crippen molar-refractivity contribution in [3.8, 4) is 50.6 Å². The van der Waals surface area contributed by atoms with E-state index in [-0.39, 0.29) is 41.1 Å². The third-order valence-electron chi connectivity index (χ3n) is 8.13. The lowest BCUT2D eigenvalue weighted by molar-refractivity contribution is -0.144. The molecule has 0 spiro atoms. The van der Waals surface area contributed by atoms with Gasteiger partial charge in [0.15, 0.2) is 0 Å². The highest BCUT2D eigenvalue weighted by Gasteiger charge is 2.41. The minimum absolute atomic E-state index is 0.109. The van der Waals surface area contributed by atoms with Crippen LogP contribution in [0.5, 0.6) is 17.2 Å². The zero-order chi connectivity index (χ0) is 38.1. The van der Waals surface area contributed by atoms with Gasteiger partial charge in [-0.1, -0.05) is 32.9 Å². The van der Waals surface area contributed by atoms with Gasteiger partial charge in [0.05, 0.1) is 42.0 Å². The van der Waals surface area contributed by atoms with Crippen LogP contribution in [0.25, 0.3) is 33.4 Å². The summed E-state index contributed by atoms with van der Waals surface area (Å²) in [5.41, 5.74) is -9.20. The monoisotopic (exact) mass is 754 g/mol. The van der Waals surface area contributed by atoms with E-state index in [0.717, 1.165) is 20.3 Å². The summed E-state index contributed by atoms with van der Waals surface area (Å²) in [4.78, 5) is 0. The normalized spacial score (nSPS) is 15.4. The fraction of sp³-hybridized carbons (Fsp3) is 0.314. The van der Waals surface area contributed by atoms with E-state index in [0.29, 0.717) is 35.3 Å². The number of rotatable bonds is 5. The predicted octanol–water partition coefficient (Wildman–Crippen LogP) is 12.0. The van der Waals surface area contributed by atoms with Crippen LogP contribution in [0.3, 0.4) is 0 Å². The molecule has 1 heterocycles. The summed E-state index contributed by atoms with van der Waals surface area (Å²) in [6.07, 6.45) is -20.9. The Kier molecular flexibility index (Phi) is 9.58. The van der Waals surface area contributed by atoms with E-state index in [4.69, 9.17) is 14.2 Å². The topological polar surface area (TPSA) is 27.7 Å². The third kappa shape index (κ3) is 7.45. The number of hydrogen-bond donors (Lipinski definition) is 0. The van der Waals surface area contributed by atoms with Gasteiger partial charge in [-0.2, -0.15) is 52.7 Å². The van der Waals surface area contributed by atoms with Crippen LogP contribution in [0.15, 0.2) is 60.7 Å². The summed E-state index contributed by atoms with van der Waals surface area (Å²) in [7, 11) is 0.915. The van der Waals surface area contributed by atoms with Crippen molar-refractivity contribution in [2.45, 2.75) is 50.6 Å². The van der Waals surface area contributed by atoms with Crippen LogP contribution >= 0.6 is 7.92 Å². The Bertz CT molecular complexity index is 1800. The first kappa shape index (κ1) is 38.1. The molecule has 0 fully saturated rings. The fourth-order valence-corrected chi connectivity index (χ4v) is 8.15. The van der Waals surface area contributed by atoms with Crippen molar-refractivity contribution in [2.24, 2.45) is 0 Å². The van der Waals surface area contributed by atoms with Crippen molar-refractivity contribution in [3.63, 3.8) is 0 Å². The standard InChI is InChI=1S/C35H27F12O3P/c1-31(2,3)51-16-50-26-8-6-7-23(30(26)51)27-28(48-4)24(17-9-19(32(36,37)38)13-20(10-17)33(39,40)41)15-25(29(27)49-5)18-11-21(34(42,43)44)14-22(12-18)35(45,46)47/h6-15H,16H2,1-5H3/t51-/m1/s1. The Morgan fingerprint density at radius 2 is 0.941 bits per heavy atom. The molecule has 0 unspecified atom stereocenters. The fourth-order valence-electron chi connectivity index (χ4n) is 5.81. The second-order valence-corrected chi connectivity index (χ2v) is 15.4. The van der Waals surface area contributed by atoms with Crippen LogP contribution in [0.4, 0.5) is 52.7 Å². The lowest BCUT2D eigenvalue weighted by atomic mass is 9.88. The number of fused-ring (bicyclic) bond motifs is 1. The minimum Gasteiger partial charge on any atom is -0.495 e. The van der Waals surface area contributed by atoms with Gasteiger partial charge in [-0.15, -0.1) is 0 Å². The number of benzene rings is 4. The van der Waals surface area contributed by atoms with Crippen LogP contribution in [0.1, 0.15) is 43.0 Å². The lowest BCUT2D eigenvalue weighted by Gasteiger charge is -2.29. The summed E-state index contributed by atoms with van der Waals surface area (Å²) in [6, 6.07) is 6.88. The quantitative estimate of drug-likeness (QED) is 0.150. The highest BCUT2D eigenvalue weighted by molar-refractivity contribution is 7.67. The summed E-state index contributed by atoms with van der Waals surface area (Å²) in [6.45, 7) is 5.73. The maximum absolute atomic E-state index is 14.0. The zero-order valence-corrected chi connectivity index (χ0v) is 28.1. The van der Waals surface area contributed by atoms with Gasteiger partial charge in [-0.05, 0) is 72.7 Å². The molecule has 4 aromatic rings. The molecule has 16 heteroatoms. The Labute approximate surface area is 284 Å². The van der Waals surface area contributed by atoms with Crippen LogP contribution in [-0.4, -0.2) is 25.7 Å². The molecule has 1 aliphatic heterocycles. The van der Waals surface area contributed by atoms with E-state index in [1.165, 1.54) is 12.1 Å². The molecule has 4 aromatic carbocycles. The SMILES string of the molecule is COc1c(-c2cc(C(F)(F)F)cc(C(F)(F)F)c2)cc(-c2cc(C(F)(F)F)cc(C(F)(F)F)c2)c(OC)c1-c1cccc2c1[P@](C(C)(C)C)CO2. The largest absolute Gasteiger partial charge is 0.495 e. The number of ether oxygens (including phenoxy) is 3. The van der Waals surface area contributed by atoms with Gasteiger partial charge in [0.2, 0.25) is 0 Å². The van der Waals surface area contributed by atoms with Crippen molar-refractivity contribution in [3.05, 3.63) is 82.9 Å². The number of methoxy groups -OCH3 is 2. The van der Waals surface area contributed by atoms with Gasteiger partial charge in [-0.3, -0.25) is 0 Å². The van der Waals surface area contributed by atoms with Crippen LogP contribution in [0, 0.1) is 0 Å². The molecule has 0 amide bonds. The Hall–Kier alpha value is -4.13. The zero-order valence-electron chi connectivity index (χ0n) is 27.2. The molecule has 1 aliphatic rings. The predicted molar refractivity (Wildman–Crippen MR) is 168 cm³/mol. The molecule has 0 saturated carbocycles. The van der Waals surface area contributed by atoms with Crippen molar-refractivity contribution in [1.82, 2.24) is 0 Å². The van der Waals surface area contributed by atoms with Gasteiger partial charge < -0.3 is 14.2 Å². The van der Waals surface area contributed by atoms with Crippen LogP contribution in [0.2, 0.25) is 0 Å². The molecule has 0 N–H and O–H groups in total. The van der Waals surface area contributed by atoms with E-state index in [1.54, 1.807) is 6.07 Å². The van der Waals surface area contributed by atoms with Crippen molar-refractivity contribution in [2.75, 3.05) is 20.6 Å². The van der Waals surface area contributed by atoms with Crippen LogP contribution < -0.4 is 19.5 Å². The molecule has 0 aromatic heterocycles. The van der Waals surface area contributed by atoms with Crippen LogP contribution in [-0.2, 0) is 24.7 Å². The third-order valence-corrected chi connectivity index (χ3v) is 11.1. The molecular formula is C35H27F12O3P. The summed E-state index contributed by atoms with van der Waals surface area (Å²) in [5, 5.41) is 0.128. The minimum atomic E-state index is -5.29. The Morgan fingerprint density at radius 3 is 1.27 bits per heavy atom. The Morgan fingerprint density at radius 1 is 0.549 bits per heavy atom. The van der Waals surface area contributed by atoms with E-state index >= 15 is 0 Å². The van der Waals surface area contributed by atoms with E-state index in [1.807, 2.05) is 20.8 Å². The first-order chi connectivity index (χ1) is 23.4. The highest BCUT2D eigenvalue weighted by Crippen LogP contribution is 2.59. The lowest BCUT2D eigenvalue weighted by Crippen LogP contribution is -2.19. The molecule has 0 aliphatic carbocycles. The number of hydrogen-bond acceptors (Lipinski definition) is 3. The van der Waals surface area contributed by atoms with Crippen molar-refractivity contribution in [1.29, 1.82) is 0 Å². The molecular weight excluding hydrogens is 727 g/mol. The molecule has 0 saturated heterocycles. The first-order valence-electron chi connectivity index (χ1n) is 14.8. The molecule has 1 atom stereocenters. The maximum Gasteiger partial charge on any atom is 0.416 e. The summed E-state index contributed by atoms with van der Waals surface area (Å²) < 4.78 is 185. The average molecular weight is 755 g/mol.